The van der Waals surface area contributed by atoms with Gasteiger partial charge in [-0.25, -0.2) is 0 Å². The summed E-state index contributed by atoms with van der Waals surface area (Å²) in [6.07, 6.45) is 1.49. The van der Waals surface area contributed by atoms with Gasteiger partial charge in [-0.15, -0.1) is 0 Å². The van der Waals surface area contributed by atoms with Crippen LogP contribution < -0.4 is 19.5 Å². The van der Waals surface area contributed by atoms with E-state index in [9.17, 15) is 15.2 Å². The molecule has 0 aliphatic rings. The molecule has 0 bridgehead atoms. The second-order valence-electron chi connectivity index (χ2n) is 7.96. The van der Waals surface area contributed by atoms with Gasteiger partial charge < -0.3 is 24.6 Å². The van der Waals surface area contributed by atoms with Gasteiger partial charge >= 0.3 is 0 Å². The van der Waals surface area contributed by atoms with Crippen LogP contribution in [0.5, 0.6) is 17.2 Å². The summed E-state index contributed by atoms with van der Waals surface area (Å²) < 4.78 is 16.3. The number of ether oxygens (including phenoxy) is 3. The third-order valence-corrected chi connectivity index (χ3v) is 5.05. The number of H-pyrrole nitrogens is 1. The maximum atomic E-state index is 12.5. The number of aromatic amines is 1. The lowest BCUT2D eigenvalue weighted by atomic mass is 10.0. The number of rotatable bonds is 8. The molecule has 1 heterocycles. The van der Waals surface area contributed by atoms with Crippen molar-refractivity contribution in [3.63, 3.8) is 0 Å². The van der Waals surface area contributed by atoms with Crippen LogP contribution in [-0.4, -0.2) is 54.7 Å². The molecule has 9 nitrogen and oxygen atoms in total. The Balaban J connectivity index is 2.07. The van der Waals surface area contributed by atoms with Crippen molar-refractivity contribution in [2.24, 2.45) is 0 Å². The first-order valence-corrected chi connectivity index (χ1v) is 10.1. The summed E-state index contributed by atoms with van der Waals surface area (Å²) in [5.74, 6) is 0.902. The molecule has 0 spiro atoms. The lowest BCUT2D eigenvalue weighted by Gasteiger charge is -2.23. The fourth-order valence-electron chi connectivity index (χ4n) is 3.29. The molecule has 9 heteroatoms. The topological polar surface area (TPSA) is 129 Å². The van der Waals surface area contributed by atoms with Crippen LogP contribution in [-0.2, 0) is 4.79 Å². The number of aliphatic hydroxyl groups excluding tert-OH is 1. The van der Waals surface area contributed by atoms with E-state index in [1.165, 1.54) is 13.2 Å². The van der Waals surface area contributed by atoms with Gasteiger partial charge in [-0.2, -0.15) is 10.4 Å². The number of aliphatic hydroxyl groups is 1. The van der Waals surface area contributed by atoms with Crippen molar-refractivity contribution < 1.29 is 24.1 Å². The van der Waals surface area contributed by atoms with Crippen LogP contribution in [0.25, 0.3) is 28.2 Å². The van der Waals surface area contributed by atoms with Crippen molar-refractivity contribution in [1.29, 1.82) is 5.26 Å². The van der Waals surface area contributed by atoms with Crippen molar-refractivity contribution in [1.82, 2.24) is 15.5 Å². The van der Waals surface area contributed by atoms with Crippen molar-refractivity contribution in [3.8, 4) is 34.6 Å². The van der Waals surface area contributed by atoms with Crippen LogP contribution in [0.3, 0.4) is 0 Å². The molecular formula is C24H26N4O5. The zero-order chi connectivity index (χ0) is 24.2. The van der Waals surface area contributed by atoms with Crippen LogP contribution in [0.2, 0.25) is 0 Å². The van der Waals surface area contributed by atoms with E-state index in [2.05, 4.69) is 15.5 Å². The molecule has 0 fully saturated rings. The van der Waals surface area contributed by atoms with E-state index < -0.39 is 11.4 Å². The molecule has 2 aromatic carbocycles. The molecule has 0 unspecified atom stereocenters. The second-order valence-corrected chi connectivity index (χ2v) is 7.96. The molecule has 1 aromatic heterocycles. The Morgan fingerprint density at radius 2 is 1.85 bits per heavy atom. The van der Waals surface area contributed by atoms with Gasteiger partial charge in [-0.1, -0.05) is 6.07 Å². The number of hydrogen-bond donors (Lipinski definition) is 3. The average molecular weight is 450 g/mol. The highest BCUT2D eigenvalue weighted by molar-refractivity contribution is 6.03. The maximum absolute atomic E-state index is 12.5. The van der Waals surface area contributed by atoms with Gasteiger partial charge in [0.25, 0.3) is 5.91 Å². The van der Waals surface area contributed by atoms with E-state index in [4.69, 9.17) is 14.2 Å². The highest BCUT2D eigenvalue weighted by Crippen LogP contribution is 2.42. The number of methoxy groups -OCH3 is 3. The van der Waals surface area contributed by atoms with E-state index in [-0.39, 0.29) is 12.2 Å². The highest BCUT2D eigenvalue weighted by Gasteiger charge is 2.22. The number of benzene rings is 2. The van der Waals surface area contributed by atoms with Crippen molar-refractivity contribution in [2.45, 2.75) is 19.4 Å². The van der Waals surface area contributed by atoms with Crippen LogP contribution >= 0.6 is 0 Å². The van der Waals surface area contributed by atoms with Gasteiger partial charge in [-0.05, 0) is 49.8 Å². The first-order chi connectivity index (χ1) is 15.8. The highest BCUT2D eigenvalue weighted by atomic mass is 16.5. The van der Waals surface area contributed by atoms with Crippen molar-refractivity contribution in [3.05, 3.63) is 41.5 Å². The molecular weight excluding hydrogens is 424 g/mol. The van der Waals surface area contributed by atoms with Gasteiger partial charge in [0.05, 0.1) is 39.0 Å². The van der Waals surface area contributed by atoms with Crippen molar-refractivity contribution >= 4 is 22.9 Å². The summed E-state index contributed by atoms with van der Waals surface area (Å²) >= 11 is 0. The Kier molecular flexibility index (Phi) is 6.89. The Bertz CT molecular complexity index is 1230. The third kappa shape index (κ3) is 4.91. The minimum absolute atomic E-state index is 0.0753. The number of carbonyl (C=O) groups is 1. The molecule has 33 heavy (non-hydrogen) atoms. The van der Waals surface area contributed by atoms with E-state index in [0.29, 0.717) is 28.5 Å². The standard InChI is InChI=1S/C24H26N4O5/c1-24(2,13-29)26-23(30)16(12-25)8-14-6-7-18-17(9-14)21(28-27-18)15-10-19(31-3)22(33-5)20(11-15)32-4/h6-11,29H,13H2,1-5H3,(H,26,30)(H,27,28)/b16-8+. The van der Waals surface area contributed by atoms with Crippen molar-refractivity contribution in [2.75, 3.05) is 27.9 Å². The normalized spacial score (nSPS) is 11.7. The lowest BCUT2D eigenvalue weighted by Crippen LogP contribution is -2.46. The molecule has 0 saturated carbocycles. The molecule has 3 aromatic rings. The number of nitrogens with one attached hydrogen (secondary N) is 2. The molecule has 0 radical (unpaired) electrons. The molecule has 172 valence electrons. The van der Waals surface area contributed by atoms with E-state index in [1.807, 2.05) is 18.2 Å². The summed E-state index contributed by atoms with van der Waals surface area (Å²) in [6.45, 7) is 3.08. The average Bonchev–Trinajstić information content (AvgIpc) is 3.24. The monoisotopic (exact) mass is 450 g/mol. The summed E-state index contributed by atoms with van der Waals surface area (Å²) in [5.41, 5.74) is 1.88. The van der Waals surface area contributed by atoms with Gasteiger partial charge in [0.15, 0.2) is 11.5 Å². The zero-order valence-corrected chi connectivity index (χ0v) is 19.1. The SMILES string of the molecule is COc1cc(-c2n[nH]c3ccc(/C=C(\C#N)C(=O)NC(C)(C)CO)cc23)cc(OC)c1OC. The molecule has 0 aliphatic heterocycles. The summed E-state index contributed by atoms with van der Waals surface area (Å²) in [6, 6.07) is 10.9. The first kappa shape index (κ1) is 23.6. The third-order valence-electron chi connectivity index (χ3n) is 5.05. The zero-order valence-electron chi connectivity index (χ0n) is 19.1. The largest absolute Gasteiger partial charge is 0.493 e. The number of aromatic nitrogens is 2. The summed E-state index contributed by atoms with van der Waals surface area (Å²) in [4.78, 5) is 12.5. The maximum Gasteiger partial charge on any atom is 0.262 e. The van der Waals surface area contributed by atoms with Gasteiger partial charge in [0.1, 0.15) is 17.3 Å². The molecule has 0 aliphatic carbocycles. The predicted molar refractivity (Wildman–Crippen MR) is 124 cm³/mol. The van der Waals surface area contributed by atoms with Gasteiger partial charge in [0, 0.05) is 10.9 Å². The number of hydrogen-bond acceptors (Lipinski definition) is 7. The van der Waals surface area contributed by atoms with E-state index in [0.717, 1.165) is 16.5 Å². The number of amides is 1. The fourth-order valence-corrected chi connectivity index (χ4v) is 3.29. The molecule has 1 amide bonds. The predicted octanol–water partition coefficient (Wildman–Crippen LogP) is 3.05. The van der Waals surface area contributed by atoms with Gasteiger partial charge in [0.2, 0.25) is 5.75 Å². The van der Waals surface area contributed by atoms with Crippen LogP contribution in [0.4, 0.5) is 0 Å². The fraction of sp³-hybridized carbons (Fsp3) is 0.292. The Labute approximate surface area is 191 Å². The molecule has 0 atom stereocenters. The quantitative estimate of drug-likeness (QED) is 0.355. The minimum Gasteiger partial charge on any atom is -0.493 e. The number of nitrogens with zero attached hydrogens (tertiary/aromatic N) is 2. The van der Waals surface area contributed by atoms with E-state index >= 15 is 0 Å². The number of carbonyl (C=O) groups excluding carboxylic acids is 1. The summed E-state index contributed by atoms with van der Waals surface area (Å²) in [7, 11) is 4.62. The van der Waals surface area contributed by atoms with Gasteiger partial charge in [-0.3, -0.25) is 9.89 Å². The smallest absolute Gasteiger partial charge is 0.262 e. The first-order valence-electron chi connectivity index (χ1n) is 10.1. The Hall–Kier alpha value is -4.03. The Morgan fingerprint density at radius 1 is 1.18 bits per heavy atom. The van der Waals surface area contributed by atoms with Crippen LogP contribution in [0.1, 0.15) is 19.4 Å². The van der Waals surface area contributed by atoms with Crippen LogP contribution in [0, 0.1) is 11.3 Å². The lowest BCUT2D eigenvalue weighted by molar-refractivity contribution is -0.119. The minimum atomic E-state index is -0.846. The van der Waals surface area contributed by atoms with Crippen LogP contribution in [0.15, 0.2) is 35.9 Å². The Morgan fingerprint density at radius 3 is 2.39 bits per heavy atom. The second kappa shape index (κ2) is 9.63. The number of fused-ring (bicyclic) bond motifs is 1. The molecule has 3 rings (SSSR count). The number of nitriles is 1. The summed E-state index contributed by atoms with van der Waals surface area (Å²) in [5, 5.41) is 29.7. The molecule has 3 N–H and O–H groups in total. The van der Waals surface area contributed by atoms with E-state index in [1.54, 1.807) is 46.3 Å². The molecule has 0 saturated heterocycles.